The number of fused-ring (bicyclic) bond motifs is 1. The second-order valence-electron chi connectivity index (χ2n) is 3.93. The minimum Gasteiger partial charge on any atom is -0.361 e. The van der Waals surface area contributed by atoms with E-state index in [1.807, 2.05) is 17.8 Å². The van der Waals surface area contributed by atoms with Gasteiger partial charge < -0.3 is 10.3 Å². The maximum Gasteiger partial charge on any atom is 0.0794 e. The predicted molar refractivity (Wildman–Crippen MR) is 71.0 cm³/mol. The molecule has 0 aliphatic carbocycles. The van der Waals surface area contributed by atoms with Gasteiger partial charge in [0.2, 0.25) is 0 Å². The van der Waals surface area contributed by atoms with E-state index in [0.717, 1.165) is 13.1 Å². The molecule has 3 aromatic rings. The molecule has 0 aliphatic rings. The van der Waals surface area contributed by atoms with Crippen molar-refractivity contribution in [1.29, 1.82) is 0 Å². The molecule has 0 unspecified atom stereocenters. The number of aromatic nitrogens is 2. The van der Waals surface area contributed by atoms with Gasteiger partial charge in [0, 0.05) is 41.3 Å². The van der Waals surface area contributed by atoms with E-state index in [1.165, 1.54) is 21.3 Å². The molecule has 0 spiro atoms. The first-order valence-corrected chi connectivity index (χ1v) is 6.44. The van der Waals surface area contributed by atoms with Crippen molar-refractivity contribution < 1.29 is 0 Å². The van der Waals surface area contributed by atoms with Gasteiger partial charge in [0.05, 0.1) is 5.51 Å². The molecule has 0 bridgehead atoms. The Hall–Kier alpha value is -1.65. The van der Waals surface area contributed by atoms with E-state index in [-0.39, 0.29) is 0 Å². The van der Waals surface area contributed by atoms with Crippen LogP contribution in [0.3, 0.4) is 0 Å². The first kappa shape index (κ1) is 10.5. The molecule has 3 nitrogen and oxygen atoms in total. The summed E-state index contributed by atoms with van der Waals surface area (Å²) >= 11 is 1.68. The summed E-state index contributed by atoms with van der Waals surface area (Å²) in [5.74, 6) is 0. The molecule has 0 fully saturated rings. The zero-order valence-electron chi connectivity index (χ0n) is 9.31. The maximum atomic E-state index is 4.06. The van der Waals surface area contributed by atoms with E-state index in [9.17, 15) is 0 Å². The number of hydrogen-bond acceptors (Lipinski definition) is 3. The molecular weight excluding hydrogens is 230 g/mol. The largest absolute Gasteiger partial charge is 0.361 e. The summed E-state index contributed by atoms with van der Waals surface area (Å²) in [6.07, 6.45) is 3.98. The highest BCUT2D eigenvalue weighted by atomic mass is 32.1. The Labute approximate surface area is 104 Å². The van der Waals surface area contributed by atoms with Crippen LogP contribution in [0.15, 0.2) is 42.2 Å². The number of nitrogens with one attached hydrogen (secondary N) is 2. The maximum absolute atomic E-state index is 4.06. The molecular formula is C13H13N3S. The third-order valence-corrected chi connectivity index (χ3v) is 3.55. The Morgan fingerprint density at radius 3 is 3.06 bits per heavy atom. The van der Waals surface area contributed by atoms with Crippen LogP contribution >= 0.6 is 11.3 Å². The molecule has 3 rings (SSSR count). The molecule has 2 heterocycles. The van der Waals surface area contributed by atoms with Gasteiger partial charge in [0.1, 0.15) is 0 Å². The minimum absolute atomic E-state index is 0.877. The molecule has 0 atom stereocenters. The molecule has 0 amide bonds. The van der Waals surface area contributed by atoms with Crippen molar-refractivity contribution in [3.05, 3.63) is 52.6 Å². The van der Waals surface area contributed by atoms with E-state index in [2.05, 4.69) is 39.7 Å². The zero-order valence-corrected chi connectivity index (χ0v) is 10.1. The average Bonchev–Trinajstić information content (AvgIpc) is 2.99. The monoisotopic (exact) mass is 243 g/mol. The van der Waals surface area contributed by atoms with Crippen LogP contribution in [0.25, 0.3) is 10.9 Å². The Balaban J connectivity index is 1.69. The summed E-state index contributed by atoms with van der Waals surface area (Å²) in [6.45, 7) is 1.76. The highest BCUT2D eigenvalue weighted by molar-refractivity contribution is 7.09. The summed E-state index contributed by atoms with van der Waals surface area (Å²) in [5, 5.41) is 4.73. The Morgan fingerprint density at radius 1 is 1.24 bits per heavy atom. The molecule has 86 valence electrons. The van der Waals surface area contributed by atoms with E-state index in [0.29, 0.717) is 0 Å². The first-order chi connectivity index (χ1) is 8.43. The normalized spacial score (nSPS) is 11.1. The highest BCUT2D eigenvalue weighted by Crippen LogP contribution is 2.17. The van der Waals surface area contributed by atoms with Crippen LogP contribution in [-0.4, -0.2) is 9.97 Å². The molecule has 0 aliphatic heterocycles. The van der Waals surface area contributed by atoms with Crippen molar-refractivity contribution in [2.24, 2.45) is 0 Å². The minimum atomic E-state index is 0.877. The summed E-state index contributed by atoms with van der Waals surface area (Å²) in [7, 11) is 0. The number of thiazole rings is 1. The number of benzene rings is 1. The lowest BCUT2D eigenvalue weighted by Gasteiger charge is -2.01. The number of H-pyrrole nitrogens is 1. The van der Waals surface area contributed by atoms with Crippen molar-refractivity contribution >= 4 is 22.2 Å². The van der Waals surface area contributed by atoms with Crippen LogP contribution in [0, 0.1) is 0 Å². The van der Waals surface area contributed by atoms with Crippen LogP contribution in [0.1, 0.15) is 10.4 Å². The summed E-state index contributed by atoms with van der Waals surface area (Å²) < 4.78 is 0. The average molecular weight is 243 g/mol. The van der Waals surface area contributed by atoms with Gasteiger partial charge in [-0.2, -0.15) is 0 Å². The van der Waals surface area contributed by atoms with Crippen molar-refractivity contribution in [2.45, 2.75) is 13.1 Å². The predicted octanol–water partition coefficient (Wildman–Crippen LogP) is 2.91. The molecule has 0 saturated heterocycles. The van der Waals surface area contributed by atoms with Crippen LogP contribution < -0.4 is 5.32 Å². The van der Waals surface area contributed by atoms with Gasteiger partial charge in [0.25, 0.3) is 0 Å². The topological polar surface area (TPSA) is 40.7 Å². The molecule has 0 radical (unpaired) electrons. The summed E-state index contributed by atoms with van der Waals surface area (Å²) in [4.78, 5) is 8.61. The zero-order chi connectivity index (χ0) is 11.5. The molecule has 4 heteroatoms. The van der Waals surface area contributed by atoms with Crippen LogP contribution in [-0.2, 0) is 13.1 Å². The smallest absolute Gasteiger partial charge is 0.0794 e. The number of hydrogen-bond donors (Lipinski definition) is 2. The first-order valence-electron chi connectivity index (χ1n) is 5.56. The lowest BCUT2D eigenvalue weighted by molar-refractivity contribution is 0.703. The van der Waals surface area contributed by atoms with E-state index in [4.69, 9.17) is 0 Å². The van der Waals surface area contributed by atoms with Crippen molar-refractivity contribution in [1.82, 2.24) is 15.3 Å². The fourth-order valence-corrected chi connectivity index (χ4v) is 2.49. The van der Waals surface area contributed by atoms with Gasteiger partial charge >= 0.3 is 0 Å². The van der Waals surface area contributed by atoms with Gasteiger partial charge in [-0.05, 0) is 11.6 Å². The molecule has 17 heavy (non-hydrogen) atoms. The van der Waals surface area contributed by atoms with Gasteiger partial charge in [-0.25, -0.2) is 0 Å². The standard InChI is InChI=1S/C13H13N3S/c1-2-4-13-12(3-1)10(6-16-13)5-14-7-11-8-15-9-17-11/h1-4,6,8-9,14,16H,5,7H2. The molecule has 1 aromatic carbocycles. The Kier molecular flexibility index (Phi) is 2.90. The van der Waals surface area contributed by atoms with Crippen LogP contribution in [0.4, 0.5) is 0 Å². The highest BCUT2D eigenvalue weighted by Gasteiger charge is 2.02. The number of aromatic amines is 1. The van der Waals surface area contributed by atoms with Crippen molar-refractivity contribution in [3.8, 4) is 0 Å². The molecule has 0 saturated carbocycles. The fraction of sp³-hybridized carbons (Fsp3) is 0.154. The SMILES string of the molecule is c1ccc2c(CNCc3cncs3)c[nH]c2c1. The Bertz CT molecular complexity index is 598. The van der Waals surface area contributed by atoms with E-state index < -0.39 is 0 Å². The fourth-order valence-electron chi connectivity index (χ4n) is 1.93. The number of nitrogens with zero attached hydrogens (tertiary/aromatic N) is 1. The second kappa shape index (κ2) is 4.69. The van der Waals surface area contributed by atoms with Crippen LogP contribution in [0.2, 0.25) is 0 Å². The van der Waals surface area contributed by atoms with E-state index >= 15 is 0 Å². The lowest BCUT2D eigenvalue weighted by Crippen LogP contribution is -2.11. The van der Waals surface area contributed by atoms with Crippen molar-refractivity contribution in [3.63, 3.8) is 0 Å². The van der Waals surface area contributed by atoms with Crippen LogP contribution in [0.5, 0.6) is 0 Å². The third kappa shape index (κ3) is 2.23. The lowest BCUT2D eigenvalue weighted by atomic mass is 10.2. The summed E-state index contributed by atoms with van der Waals surface area (Å²) in [5.41, 5.74) is 4.37. The van der Waals surface area contributed by atoms with Gasteiger partial charge in [-0.1, -0.05) is 18.2 Å². The number of para-hydroxylation sites is 1. The van der Waals surface area contributed by atoms with Crippen molar-refractivity contribution in [2.75, 3.05) is 0 Å². The number of rotatable bonds is 4. The van der Waals surface area contributed by atoms with Gasteiger partial charge in [0.15, 0.2) is 0 Å². The molecule has 2 N–H and O–H groups in total. The van der Waals surface area contributed by atoms with Gasteiger partial charge in [-0.15, -0.1) is 11.3 Å². The Morgan fingerprint density at radius 2 is 2.18 bits per heavy atom. The summed E-state index contributed by atoms with van der Waals surface area (Å²) in [6, 6.07) is 8.37. The second-order valence-corrected chi connectivity index (χ2v) is 4.90. The quantitative estimate of drug-likeness (QED) is 0.739. The van der Waals surface area contributed by atoms with Gasteiger partial charge in [-0.3, -0.25) is 4.98 Å². The third-order valence-electron chi connectivity index (χ3n) is 2.77. The van der Waals surface area contributed by atoms with E-state index in [1.54, 1.807) is 11.3 Å². The molecule has 2 aromatic heterocycles.